The molecule has 3 aromatic rings. The van der Waals surface area contributed by atoms with Crippen molar-refractivity contribution in [2.75, 3.05) is 13.6 Å². The van der Waals surface area contributed by atoms with E-state index in [1.165, 1.54) is 34.4 Å². The molecule has 0 aliphatic rings. The van der Waals surface area contributed by atoms with Crippen LogP contribution in [-0.4, -0.2) is 35.3 Å². The Morgan fingerprint density at radius 3 is 2.52 bits per heavy atom. The maximum Gasteiger partial charge on any atom is 0.239 e. The van der Waals surface area contributed by atoms with Gasteiger partial charge in [0.1, 0.15) is 22.9 Å². The maximum atomic E-state index is 13.6. The van der Waals surface area contributed by atoms with Gasteiger partial charge in [0.05, 0.1) is 6.54 Å². The Balaban J connectivity index is 1.76. The lowest BCUT2D eigenvalue weighted by atomic mass is 10.0. The lowest BCUT2D eigenvalue weighted by molar-refractivity contribution is -0.126. The number of aromatic nitrogens is 1. The molecule has 2 atom stereocenters. The summed E-state index contributed by atoms with van der Waals surface area (Å²) < 4.78 is 13.6. The van der Waals surface area contributed by atoms with Crippen molar-refractivity contribution in [1.29, 1.82) is 0 Å². The molecule has 0 fully saturated rings. The minimum absolute atomic E-state index is 0.0984. The van der Waals surface area contributed by atoms with E-state index in [4.69, 9.17) is 5.73 Å². The molecule has 0 radical (unpaired) electrons. The zero-order chi connectivity index (χ0) is 20.8. The Kier molecular flexibility index (Phi) is 6.69. The molecule has 0 aliphatic heterocycles. The second-order valence-electron chi connectivity index (χ2n) is 6.56. The lowest BCUT2D eigenvalue weighted by Crippen LogP contribution is -2.42. The molecule has 3 N–H and O–H groups in total. The normalized spacial score (nSPS) is 13.1. The van der Waals surface area contributed by atoms with Crippen LogP contribution in [0.4, 0.5) is 4.39 Å². The molecule has 8 heteroatoms. The van der Waals surface area contributed by atoms with Crippen LogP contribution >= 0.6 is 11.3 Å². The second-order valence-corrected chi connectivity index (χ2v) is 7.48. The van der Waals surface area contributed by atoms with E-state index in [-0.39, 0.29) is 12.5 Å². The molecule has 150 valence electrons. The highest BCUT2D eigenvalue weighted by molar-refractivity contribution is 7.09. The number of rotatable bonds is 8. The topological polar surface area (TPSA) is 88.3 Å². The summed E-state index contributed by atoms with van der Waals surface area (Å²) in [5, 5.41) is 5.56. The molecule has 1 aromatic heterocycles. The highest BCUT2D eigenvalue weighted by Crippen LogP contribution is 2.24. The van der Waals surface area contributed by atoms with E-state index in [1.54, 1.807) is 19.3 Å². The number of nitrogens with zero attached hydrogens (tertiary/aromatic N) is 2. The molecule has 2 unspecified atom stereocenters. The Labute approximate surface area is 172 Å². The lowest BCUT2D eigenvalue weighted by Gasteiger charge is -2.26. The average Bonchev–Trinajstić information content (AvgIpc) is 3.21. The number of hydrogen-bond acceptors (Lipinski definition) is 5. The molecule has 0 saturated heterocycles. The van der Waals surface area contributed by atoms with Crippen molar-refractivity contribution in [2.45, 2.75) is 12.1 Å². The predicted octanol–water partition coefficient (Wildman–Crippen LogP) is 2.65. The van der Waals surface area contributed by atoms with Gasteiger partial charge >= 0.3 is 0 Å². The largest absolute Gasteiger partial charge is 0.368 e. The van der Waals surface area contributed by atoms with E-state index < -0.39 is 23.8 Å². The van der Waals surface area contributed by atoms with Gasteiger partial charge in [0.2, 0.25) is 11.8 Å². The van der Waals surface area contributed by atoms with Crippen LogP contribution in [0.3, 0.4) is 0 Å². The maximum absolute atomic E-state index is 13.6. The second kappa shape index (κ2) is 9.40. The van der Waals surface area contributed by atoms with E-state index in [0.29, 0.717) is 5.56 Å². The van der Waals surface area contributed by atoms with Gasteiger partial charge in [-0.1, -0.05) is 42.5 Å². The highest BCUT2D eigenvalue weighted by Gasteiger charge is 2.26. The molecular formula is C21H21FN4O2S. The van der Waals surface area contributed by atoms with E-state index in [0.717, 1.165) is 10.6 Å². The predicted molar refractivity (Wildman–Crippen MR) is 110 cm³/mol. The number of thiazole rings is 1. The van der Waals surface area contributed by atoms with Gasteiger partial charge < -0.3 is 11.1 Å². The van der Waals surface area contributed by atoms with Crippen LogP contribution < -0.4 is 11.1 Å². The van der Waals surface area contributed by atoms with Gasteiger partial charge in [0.15, 0.2) is 0 Å². The number of halogens is 1. The van der Waals surface area contributed by atoms with Crippen molar-refractivity contribution in [1.82, 2.24) is 15.2 Å². The number of carbonyl (C=O) groups is 2. The molecule has 3 rings (SSSR count). The molecule has 2 aromatic carbocycles. The van der Waals surface area contributed by atoms with Gasteiger partial charge in [-0.3, -0.25) is 14.5 Å². The van der Waals surface area contributed by atoms with Crippen LogP contribution in [0, 0.1) is 5.82 Å². The molecule has 0 bridgehead atoms. The number of nitrogens with one attached hydrogen (secondary N) is 1. The molecule has 0 spiro atoms. The molecule has 0 aliphatic carbocycles. The van der Waals surface area contributed by atoms with Gasteiger partial charge in [-0.2, -0.15) is 0 Å². The number of hydrogen-bond donors (Lipinski definition) is 2. The number of carbonyl (C=O) groups excluding carboxylic acids is 2. The SMILES string of the molecule is CN(CC(=O)NC(c1ccccc1)c1nccs1)C(C(N)=O)c1cccc(F)c1. The zero-order valence-electron chi connectivity index (χ0n) is 15.8. The summed E-state index contributed by atoms with van der Waals surface area (Å²) in [6, 6.07) is 13.8. The van der Waals surface area contributed by atoms with Gasteiger partial charge in [0, 0.05) is 11.6 Å². The molecule has 0 saturated carbocycles. The Hall–Kier alpha value is -3.10. The standard InChI is InChI=1S/C21H21FN4O2S/c1-26(19(20(23)28)15-8-5-9-16(22)12-15)13-17(27)25-18(21-24-10-11-29-21)14-6-3-2-4-7-14/h2-12,18-19H,13H2,1H3,(H2,23,28)(H,25,27). The summed E-state index contributed by atoms with van der Waals surface area (Å²) in [6.45, 7) is -0.0984. The third-order valence-corrected chi connectivity index (χ3v) is 5.24. The number of amides is 2. The van der Waals surface area contributed by atoms with E-state index >= 15 is 0 Å². The van der Waals surface area contributed by atoms with Crippen molar-refractivity contribution >= 4 is 23.2 Å². The van der Waals surface area contributed by atoms with Crippen LogP contribution in [0.2, 0.25) is 0 Å². The number of primary amides is 1. The third-order valence-electron chi connectivity index (χ3n) is 4.40. The minimum atomic E-state index is -0.925. The summed E-state index contributed by atoms with van der Waals surface area (Å²) in [4.78, 5) is 30.6. The zero-order valence-corrected chi connectivity index (χ0v) is 16.6. The van der Waals surface area contributed by atoms with Crippen molar-refractivity contribution in [3.8, 4) is 0 Å². The summed E-state index contributed by atoms with van der Waals surface area (Å²) in [5.74, 6) is -1.44. The number of nitrogens with two attached hydrogens (primary N) is 1. The van der Waals surface area contributed by atoms with Crippen LogP contribution in [0.25, 0.3) is 0 Å². The fourth-order valence-corrected chi connectivity index (χ4v) is 3.86. The smallest absolute Gasteiger partial charge is 0.239 e. The van der Waals surface area contributed by atoms with Crippen LogP contribution in [0.5, 0.6) is 0 Å². The van der Waals surface area contributed by atoms with Crippen LogP contribution in [-0.2, 0) is 9.59 Å². The Bertz CT molecular complexity index is 966. The monoisotopic (exact) mass is 412 g/mol. The van der Waals surface area contributed by atoms with Crippen LogP contribution in [0.1, 0.15) is 28.2 Å². The van der Waals surface area contributed by atoms with Crippen molar-refractivity contribution in [2.24, 2.45) is 5.73 Å². The number of likely N-dealkylation sites (N-methyl/N-ethyl adjacent to an activating group) is 1. The quantitative estimate of drug-likeness (QED) is 0.595. The number of benzene rings is 2. The van der Waals surface area contributed by atoms with Gasteiger partial charge in [-0.15, -0.1) is 11.3 Å². The first-order valence-electron chi connectivity index (χ1n) is 8.94. The Morgan fingerprint density at radius 2 is 1.90 bits per heavy atom. The van der Waals surface area contributed by atoms with E-state index in [1.807, 2.05) is 35.7 Å². The Morgan fingerprint density at radius 1 is 1.17 bits per heavy atom. The van der Waals surface area contributed by atoms with Crippen LogP contribution in [0.15, 0.2) is 66.2 Å². The van der Waals surface area contributed by atoms with Crippen molar-refractivity contribution < 1.29 is 14.0 Å². The molecule has 2 amide bonds. The minimum Gasteiger partial charge on any atom is -0.368 e. The molecule has 6 nitrogen and oxygen atoms in total. The summed E-state index contributed by atoms with van der Waals surface area (Å²) in [5.41, 5.74) is 6.82. The average molecular weight is 412 g/mol. The summed E-state index contributed by atoms with van der Waals surface area (Å²) in [6.07, 6.45) is 1.68. The molecule has 1 heterocycles. The van der Waals surface area contributed by atoms with E-state index in [2.05, 4.69) is 10.3 Å². The fraction of sp³-hybridized carbons (Fsp3) is 0.190. The van der Waals surface area contributed by atoms with Gasteiger partial charge in [-0.25, -0.2) is 9.37 Å². The van der Waals surface area contributed by atoms with E-state index in [9.17, 15) is 14.0 Å². The molecular weight excluding hydrogens is 391 g/mol. The fourth-order valence-electron chi connectivity index (χ4n) is 3.15. The third kappa shape index (κ3) is 5.24. The van der Waals surface area contributed by atoms with Gasteiger partial charge in [0.25, 0.3) is 0 Å². The first kappa shape index (κ1) is 20.6. The molecule has 29 heavy (non-hydrogen) atoms. The first-order valence-corrected chi connectivity index (χ1v) is 9.82. The van der Waals surface area contributed by atoms with Crippen molar-refractivity contribution in [3.05, 3.63) is 88.1 Å². The highest BCUT2D eigenvalue weighted by atomic mass is 32.1. The van der Waals surface area contributed by atoms with Gasteiger partial charge in [-0.05, 0) is 30.3 Å². The first-order chi connectivity index (χ1) is 14.0. The van der Waals surface area contributed by atoms with Crippen molar-refractivity contribution in [3.63, 3.8) is 0 Å². The summed E-state index contributed by atoms with van der Waals surface area (Å²) >= 11 is 1.44. The summed E-state index contributed by atoms with van der Waals surface area (Å²) in [7, 11) is 1.60.